The molecule has 2 N–H and O–H groups in total. The zero-order chi connectivity index (χ0) is 19.9. The van der Waals surface area contributed by atoms with Crippen LogP contribution < -0.4 is 15.5 Å². The van der Waals surface area contributed by atoms with Crippen LogP contribution >= 0.6 is 24.0 Å². The first kappa shape index (κ1) is 24.2. The maximum absolute atomic E-state index is 13.8. The molecule has 0 spiro atoms. The first-order valence-corrected chi connectivity index (χ1v) is 9.16. The highest BCUT2D eigenvalue weighted by atomic mass is 127. The van der Waals surface area contributed by atoms with Gasteiger partial charge in [0.15, 0.2) is 5.96 Å². The Kier molecular flexibility index (Phi) is 9.71. The van der Waals surface area contributed by atoms with Gasteiger partial charge in [-0.15, -0.1) is 24.0 Å². The molecule has 6 nitrogen and oxygen atoms in total. The number of oxazole rings is 1. The smallest absolute Gasteiger partial charge is 0.213 e. The van der Waals surface area contributed by atoms with Crippen molar-refractivity contribution in [3.8, 4) is 0 Å². The van der Waals surface area contributed by atoms with Crippen LogP contribution in [0.25, 0.3) is 0 Å². The summed E-state index contributed by atoms with van der Waals surface area (Å²) in [5.41, 5.74) is 0.550. The van der Waals surface area contributed by atoms with E-state index in [0.717, 1.165) is 25.3 Å². The maximum Gasteiger partial charge on any atom is 0.213 e. The van der Waals surface area contributed by atoms with Crippen LogP contribution in [-0.4, -0.2) is 38.1 Å². The highest BCUT2D eigenvalue weighted by Gasteiger charge is 2.19. The number of nitrogens with zero attached hydrogens (tertiary/aromatic N) is 3. The third-order valence-electron chi connectivity index (χ3n) is 4.15. The average molecular weight is 503 g/mol. The van der Waals surface area contributed by atoms with Gasteiger partial charge >= 0.3 is 0 Å². The molecule has 0 aliphatic heterocycles. The molecule has 0 radical (unpaired) electrons. The molecular formula is C20H31FIN5O. The molecule has 156 valence electrons. The van der Waals surface area contributed by atoms with Crippen molar-refractivity contribution in [2.45, 2.75) is 39.2 Å². The van der Waals surface area contributed by atoms with Crippen molar-refractivity contribution in [3.63, 3.8) is 0 Å². The van der Waals surface area contributed by atoms with Gasteiger partial charge in [0.2, 0.25) is 5.89 Å². The quantitative estimate of drug-likeness (QED) is 0.260. The Hall–Kier alpha value is -1.84. The number of hydrogen-bond donors (Lipinski definition) is 2. The van der Waals surface area contributed by atoms with Crippen molar-refractivity contribution < 1.29 is 8.81 Å². The molecule has 0 amide bonds. The summed E-state index contributed by atoms with van der Waals surface area (Å²) in [4.78, 5) is 10.4. The van der Waals surface area contributed by atoms with Gasteiger partial charge in [0.05, 0.1) is 18.4 Å². The Morgan fingerprint density at radius 2 is 1.96 bits per heavy atom. The molecule has 0 saturated heterocycles. The van der Waals surface area contributed by atoms with Crippen LogP contribution in [0.4, 0.5) is 10.1 Å². The number of para-hydroxylation sites is 1. The molecule has 0 fully saturated rings. The number of aliphatic imine (C=N–C) groups is 1. The number of nitrogens with one attached hydrogen (secondary N) is 2. The second-order valence-electron chi connectivity index (χ2n) is 7.45. The monoisotopic (exact) mass is 503 g/mol. The number of hydrogen-bond acceptors (Lipinski definition) is 4. The Morgan fingerprint density at radius 3 is 2.57 bits per heavy atom. The summed E-state index contributed by atoms with van der Waals surface area (Å²) in [6, 6.07) is 6.80. The third kappa shape index (κ3) is 7.29. The topological polar surface area (TPSA) is 65.7 Å². The third-order valence-corrected chi connectivity index (χ3v) is 4.15. The predicted molar refractivity (Wildman–Crippen MR) is 123 cm³/mol. The number of anilines is 1. The van der Waals surface area contributed by atoms with Crippen molar-refractivity contribution in [1.82, 2.24) is 15.6 Å². The summed E-state index contributed by atoms with van der Waals surface area (Å²) in [5.74, 6) is 1.96. The first-order valence-electron chi connectivity index (χ1n) is 9.16. The summed E-state index contributed by atoms with van der Waals surface area (Å²) in [5, 5.41) is 6.44. The zero-order valence-corrected chi connectivity index (χ0v) is 19.6. The van der Waals surface area contributed by atoms with Gasteiger partial charge in [-0.25, -0.2) is 9.37 Å². The Morgan fingerprint density at radius 1 is 1.25 bits per heavy atom. The summed E-state index contributed by atoms with van der Waals surface area (Å²) in [6.07, 6.45) is 2.62. The fourth-order valence-corrected chi connectivity index (χ4v) is 2.52. The van der Waals surface area contributed by atoms with Crippen molar-refractivity contribution >= 4 is 35.6 Å². The first-order chi connectivity index (χ1) is 12.8. The van der Waals surface area contributed by atoms with Crippen molar-refractivity contribution in [1.29, 1.82) is 0 Å². The lowest BCUT2D eigenvalue weighted by Crippen LogP contribution is -2.38. The Balaban J connectivity index is 0.00000392. The van der Waals surface area contributed by atoms with E-state index in [0.29, 0.717) is 24.1 Å². The van der Waals surface area contributed by atoms with Gasteiger partial charge in [0, 0.05) is 32.6 Å². The van der Waals surface area contributed by atoms with Crippen molar-refractivity contribution in [2.24, 2.45) is 4.99 Å². The van der Waals surface area contributed by atoms with Crippen LogP contribution in [0, 0.1) is 5.82 Å². The van der Waals surface area contributed by atoms with Gasteiger partial charge in [0.1, 0.15) is 11.6 Å². The summed E-state index contributed by atoms with van der Waals surface area (Å²) < 4.78 is 19.5. The van der Waals surface area contributed by atoms with Gasteiger partial charge in [-0.1, -0.05) is 32.9 Å². The highest BCUT2D eigenvalue weighted by Crippen LogP contribution is 2.22. The zero-order valence-electron chi connectivity index (χ0n) is 17.3. The van der Waals surface area contributed by atoms with E-state index in [1.807, 2.05) is 18.0 Å². The van der Waals surface area contributed by atoms with Crippen LogP contribution in [0.15, 0.2) is 39.9 Å². The van der Waals surface area contributed by atoms with Crippen LogP contribution in [0.2, 0.25) is 0 Å². The van der Waals surface area contributed by atoms with Crippen LogP contribution in [0.3, 0.4) is 0 Å². The fraction of sp³-hybridized carbons (Fsp3) is 0.500. The molecule has 2 rings (SSSR count). The number of benzene rings is 1. The average Bonchev–Trinajstić information content (AvgIpc) is 3.11. The SMILES string of the molecule is CN=C(NCCCN(C)c1ccccc1F)NCc1ncc(C(C)(C)C)o1.I. The molecule has 0 aliphatic carbocycles. The van der Waals surface area contributed by atoms with Crippen molar-refractivity contribution in [3.05, 3.63) is 47.9 Å². The highest BCUT2D eigenvalue weighted by molar-refractivity contribution is 14.0. The molecule has 0 saturated carbocycles. The molecule has 2 aromatic rings. The molecule has 1 aromatic heterocycles. The van der Waals surface area contributed by atoms with E-state index in [1.165, 1.54) is 6.07 Å². The van der Waals surface area contributed by atoms with Gasteiger partial charge in [0.25, 0.3) is 0 Å². The summed E-state index contributed by atoms with van der Waals surface area (Å²) in [7, 11) is 3.61. The minimum atomic E-state index is -0.203. The number of halogens is 2. The minimum absolute atomic E-state index is 0. The van der Waals surface area contributed by atoms with Crippen molar-refractivity contribution in [2.75, 3.05) is 32.1 Å². The molecular weight excluding hydrogens is 472 g/mol. The van der Waals surface area contributed by atoms with Crippen LogP contribution in [-0.2, 0) is 12.0 Å². The van der Waals surface area contributed by atoms with Gasteiger partial charge in [-0.2, -0.15) is 0 Å². The normalized spacial score (nSPS) is 11.7. The number of rotatable bonds is 7. The second-order valence-corrected chi connectivity index (χ2v) is 7.45. The number of guanidine groups is 1. The van der Waals surface area contributed by atoms with E-state index in [2.05, 4.69) is 41.4 Å². The van der Waals surface area contributed by atoms with Gasteiger partial charge in [-0.3, -0.25) is 4.99 Å². The minimum Gasteiger partial charge on any atom is -0.443 e. The largest absolute Gasteiger partial charge is 0.443 e. The maximum atomic E-state index is 13.8. The molecule has 0 unspecified atom stereocenters. The van der Waals surface area contributed by atoms with E-state index in [-0.39, 0.29) is 35.2 Å². The molecule has 8 heteroatoms. The Bertz CT molecular complexity index is 757. The van der Waals surface area contributed by atoms with E-state index >= 15 is 0 Å². The van der Waals surface area contributed by atoms with Gasteiger partial charge < -0.3 is 20.0 Å². The van der Waals surface area contributed by atoms with Crippen LogP contribution in [0.1, 0.15) is 38.8 Å². The number of aromatic nitrogens is 1. The standard InChI is InChI=1S/C20H30FN5O.HI/c1-20(2,3)17-13-24-18(27-17)14-25-19(22-4)23-11-8-12-26(5)16-10-7-6-9-15(16)21;/h6-7,9-10,13H,8,11-12,14H2,1-5H3,(H2,22,23,25);1H. The summed E-state index contributed by atoms with van der Waals surface area (Å²) >= 11 is 0. The predicted octanol–water partition coefficient (Wildman–Crippen LogP) is 3.92. The molecule has 0 atom stereocenters. The van der Waals surface area contributed by atoms with E-state index in [9.17, 15) is 4.39 Å². The Labute approximate surface area is 184 Å². The second kappa shape index (κ2) is 11.2. The lowest BCUT2D eigenvalue weighted by atomic mass is 9.94. The molecule has 1 heterocycles. The van der Waals surface area contributed by atoms with E-state index in [4.69, 9.17) is 4.42 Å². The lowest BCUT2D eigenvalue weighted by molar-refractivity contribution is 0.379. The lowest BCUT2D eigenvalue weighted by Gasteiger charge is -2.20. The molecule has 1 aromatic carbocycles. The summed E-state index contributed by atoms with van der Waals surface area (Å²) in [6.45, 7) is 8.18. The molecule has 28 heavy (non-hydrogen) atoms. The van der Waals surface area contributed by atoms with Gasteiger partial charge in [-0.05, 0) is 18.6 Å². The van der Waals surface area contributed by atoms with E-state index in [1.54, 1.807) is 25.4 Å². The fourth-order valence-electron chi connectivity index (χ4n) is 2.52. The molecule has 0 bridgehead atoms. The van der Waals surface area contributed by atoms with E-state index < -0.39 is 0 Å². The van der Waals surface area contributed by atoms with Crippen LogP contribution in [0.5, 0.6) is 0 Å². The molecule has 0 aliphatic rings.